The van der Waals surface area contributed by atoms with Gasteiger partial charge in [0.25, 0.3) is 0 Å². The van der Waals surface area contributed by atoms with E-state index >= 15 is 0 Å². The second kappa shape index (κ2) is 4.46. The zero-order valence-corrected chi connectivity index (χ0v) is 8.38. The van der Waals surface area contributed by atoms with E-state index in [4.69, 9.17) is 9.47 Å². The van der Waals surface area contributed by atoms with E-state index in [0.29, 0.717) is 30.3 Å². The van der Waals surface area contributed by atoms with E-state index in [0.717, 1.165) is 0 Å². The molecule has 0 atom stereocenters. The van der Waals surface area contributed by atoms with Gasteiger partial charge in [-0.1, -0.05) is 0 Å². The van der Waals surface area contributed by atoms with Crippen molar-refractivity contribution >= 4 is 0 Å². The van der Waals surface area contributed by atoms with Crippen LogP contribution in [0.15, 0.2) is 12.1 Å². The first-order chi connectivity index (χ1) is 7.33. The summed E-state index contributed by atoms with van der Waals surface area (Å²) in [5.74, 6) is 0.713. The Morgan fingerprint density at radius 1 is 1.40 bits per heavy atom. The molecule has 0 unspecified atom stereocenters. The third-order valence-electron chi connectivity index (χ3n) is 2.15. The second-order valence-corrected chi connectivity index (χ2v) is 3.08. The average molecular weight is 213 g/mol. The first kappa shape index (κ1) is 10.2. The van der Waals surface area contributed by atoms with E-state index in [1.807, 2.05) is 0 Å². The normalized spacial score (nSPS) is 14.0. The number of hydrogen-bond donors (Lipinski definition) is 1. The Morgan fingerprint density at radius 3 is 3.00 bits per heavy atom. The first-order valence-electron chi connectivity index (χ1n) is 4.65. The predicted molar refractivity (Wildman–Crippen MR) is 51.2 cm³/mol. The zero-order chi connectivity index (χ0) is 10.7. The smallest absolute Gasteiger partial charge is 0.168 e. The summed E-state index contributed by atoms with van der Waals surface area (Å²) in [5.41, 5.74) is 3.00. The molecule has 0 radical (unpaired) electrons. The van der Waals surface area contributed by atoms with Gasteiger partial charge >= 0.3 is 0 Å². The molecule has 0 aromatic heterocycles. The van der Waals surface area contributed by atoms with Crippen molar-refractivity contribution in [3.05, 3.63) is 23.5 Å². The van der Waals surface area contributed by atoms with Crippen LogP contribution in [-0.4, -0.2) is 20.3 Å². The molecule has 4 nitrogen and oxygen atoms in total. The van der Waals surface area contributed by atoms with Gasteiger partial charge in [-0.05, 0) is 12.1 Å². The molecular weight excluding hydrogens is 201 g/mol. The lowest BCUT2D eigenvalue weighted by molar-refractivity contribution is 0.0839. The number of halogens is 1. The second-order valence-electron chi connectivity index (χ2n) is 3.08. The van der Waals surface area contributed by atoms with Gasteiger partial charge in [-0.15, -0.1) is 0 Å². The Balaban J connectivity index is 2.32. The summed E-state index contributed by atoms with van der Waals surface area (Å²) in [6.45, 7) is 1.18. The molecule has 15 heavy (non-hydrogen) atoms. The number of rotatable bonds is 3. The van der Waals surface area contributed by atoms with Crippen LogP contribution in [0.3, 0.4) is 0 Å². The summed E-state index contributed by atoms with van der Waals surface area (Å²) in [5, 5.41) is 0. The van der Waals surface area contributed by atoms with Crippen LogP contribution in [0.5, 0.6) is 11.5 Å². The lowest BCUT2D eigenvalue weighted by Crippen LogP contribution is -2.19. The number of hydrogen-bond acceptors (Lipinski definition) is 4. The molecule has 0 saturated carbocycles. The number of hydroxylamine groups is 1. The van der Waals surface area contributed by atoms with Crippen LogP contribution in [0.1, 0.15) is 5.56 Å². The van der Waals surface area contributed by atoms with Crippen LogP contribution < -0.4 is 15.0 Å². The van der Waals surface area contributed by atoms with Gasteiger partial charge in [-0.2, -0.15) is 5.48 Å². The van der Waals surface area contributed by atoms with E-state index in [-0.39, 0.29) is 12.4 Å². The molecule has 0 amide bonds. The summed E-state index contributed by atoms with van der Waals surface area (Å²) in [6.07, 6.45) is 0. The third-order valence-corrected chi connectivity index (χ3v) is 2.15. The van der Waals surface area contributed by atoms with Crippen molar-refractivity contribution in [3.63, 3.8) is 0 Å². The van der Waals surface area contributed by atoms with Gasteiger partial charge in [-0.3, -0.25) is 0 Å². The Morgan fingerprint density at radius 2 is 2.20 bits per heavy atom. The van der Waals surface area contributed by atoms with Crippen LogP contribution in [0, 0.1) is 5.82 Å². The van der Waals surface area contributed by atoms with Crippen LogP contribution in [-0.2, 0) is 11.4 Å². The minimum atomic E-state index is -0.330. The van der Waals surface area contributed by atoms with Crippen molar-refractivity contribution in [2.45, 2.75) is 6.54 Å². The van der Waals surface area contributed by atoms with Gasteiger partial charge in [0.05, 0.1) is 13.7 Å². The molecule has 1 aromatic carbocycles. The minimum absolute atomic E-state index is 0.245. The van der Waals surface area contributed by atoms with Crippen molar-refractivity contribution in [3.8, 4) is 11.5 Å². The van der Waals surface area contributed by atoms with Crippen LogP contribution in [0.2, 0.25) is 0 Å². The van der Waals surface area contributed by atoms with Gasteiger partial charge < -0.3 is 14.3 Å². The average Bonchev–Trinajstić information content (AvgIpc) is 2.28. The molecule has 82 valence electrons. The molecule has 1 aliphatic heterocycles. The van der Waals surface area contributed by atoms with Crippen LogP contribution in [0.4, 0.5) is 4.39 Å². The fraction of sp³-hybridized carbons (Fsp3) is 0.400. The van der Waals surface area contributed by atoms with E-state index in [1.165, 1.54) is 13.2 Å². The minimum Gasteiger partial charge on any atom is -0.486 e. The summed E-state index contributed by atoms with van der Waals surface area (Å²) >= 11 is 0. The molecule has 0 fully saturated rings. The standard InChI is InChI=1S/C10H12FNO3/c1-13-12-6-7-8(11)2-3-9-10(7)15-5-4-14-9/h2-3,12H,4-6H2,1H3. The lowest BCUT2D eigenvalue weighted by Gasteiger charge is -2.21. The molecule has 0 bridgehead atoms. The van der Waals surface area contributed by atoms with Gasteiger partial charge in [0.2, 0.25) is 0 Å². The number of ether oxygens (including phenoxy) is 2. The van der Waals surface area contributed by atoms with Crippen molar-refractivity contribution in [1.29, 1.82) is 0 Å². The maximum absolute atomic E-state index is 13.5. The van der Waals surface area contributed by atoms with Gasteiger partial charge in [0.1, 0.15) is 19.0 Å². The Labute approximate surface area is 86.9 Å². The maximum atomic E-state index is 13.5. The van der Waals surface area contributed by atoms with Crippen LogP contribution >= 0.6 is 0 Å². The van der Waals surface area contributed by atoms with Gasteiger partial charge in [-0.25, -0.2) is 4.39 Å². The molecule has 5 heteroatoms. The molecule has 2 rings (SSSR count). The molecule has 1 N–H and O–H groups in total. The first-order valence-corrected chi connectivity index (χ1v) is 4.65. The molecule has 1 aliphatic rings. The molecule has 1 aromatic rings. The summed E-state index contributed by atoms with van der Waals surface area (Å²) in [4.78, 5) is 4.68. The fourth-order valence-corrected chi connectivity index (χ4v) is 1.46. The topological polar surface area (TPSA) is 39.7 Å². The highest BCUT2D eigenvalue weighted by Crippen LogP contribution is 2.35. The molecule has 0 aliphatic carbocycles. The van der Waals surface area contributed by atoms with Gasteiger partial charge in [0, 0.05) is 5.56 Å². The molecule has 0 spiro atoms. The largest absolute Gasteiger partial charge is 0.486 e. The maximum Gasteiger partial charge on any atom is 0.168 e. The van der Waals surface area contributed by atoms with E-state index < -0.39 is 0 Å². The van der Waals surface area contributed by atoms with Gasteiger partial charge in [0.15, 0.2) is 11.5 Å². The number of nitrogens with one attached hydrogen (secondary N) is 1. The molecular formula is C10H12FNO3. The Kier molecular flexibility index (Phi) is 3.03. The van der Waals surface area contributed by atoms with E-state index in [2.05, 4.69) is 10.3 Å². The van der Waals surface area contributed by atoms with Crippen molar-refractivity contribution in [1.82, 2.24) is 5.48 Å². The highest BCUT2D eigenvalue weighted by molar-refractivity contribution is 5.48. The fourth-order valence-electron chi connectivity index (χ4n) is 1.46. The number of benzene rings is 1. The summed E-state index contributed by atoms with van der Waals surface area (Å²) < 4.78 is 24.2. The van der Waals surface area contributed by atoms with Crippen LogP contribution in [0.25, 0.3) is 0 Å². The van der Waals surface area contributed by atoms with E-state index in [1.54, 1.807) is 6.07 Å². The molecule has 0 saturated heterocycles. The molecule has 1 heterocycles. The highest BCUT2D eigenvalue weighted by Gasteiger charge is 2.19. The van der Waals surface area contributed by atoms with E-state index in [9.17, 15) is 4.39 Å². The Hall–Kier alpha value is -1.33. The SMILES string of the molecule is CONCc1c(F)ccc2c1OCCO2. The zero-order valence-electron chi connectivity index (χ0n) is 8.38. The third kappa shape index (κ3) is 2.03. The monoisotopic (exact) mass is 213 g/mol. The lowest BCUT2D eigenvalue weighted by atomic mass is 10.1. The highest BCUT2D eigenvalue weighted by atomic mass is 19.1. The predicted octanol–water partition coefficient (Wildman–Crippen LogP) is 1.25. The summed E-state index contributed by atoms with van der Waals surface area (Å²) in [6, 6.07) is 2.93. The number of fused-ring (bicyclic) bond motifs is 1. The quantitative estimate of drug-likeness (QED) is 0.767. The Bertz CT molecular complexity index is 357. The van der Waals surface area contributed by atoms with Crippen molar-refractivity contribution in [2.75, 3.05) is 20.3 Å². The van der Waals surface area contributed by atoms with Crippen molar-refractivity contribution in [2.24, 2.45) is 0 Å². The van der Waals surface area contributed by atoms with Crippen molar-refractivity contribution < 1.29 is 18.7 Å². The summed E-state index contributed by atoms with van der Waals surface area (Å²) in [7, 11) is 1.48.